The standard InChI is InChI=1S/C25H33N4O2P.C3H8/c1-17(13-21-14-18(2)26-20(4)19(21)3)23-15-24(31)29-16-22(5-6-25(29)32-23)28-9-7-27(8-10-28)11-12-30;1-3-2/h5-6,13-16,25,30,32H,7-12H2,1-4H3;3H2,1-2H3/b17-13+;. The number of rotatable bonds is 5. The first kappa shape index (κ1) is 27.3. The van der Waals surface area contributed by atoms with E-state index in [4.69, 9.17) is 5.11 Å². The summed E-state index contributed by atoms with van der Waals surface area (Å²) in [4.78, 5) is 24.1. The molecule has 4 heterocycles. The summed E-state index contributed by atoms with van der Waals surface area (Å²) in [6, 6.07) is 2.11. The minimum Gasteiger partial charge on any atom is -0.395 e. The van der Waals surface area contributed by atoms with Gasteiger partial charge < -0.3 is 14.9 Å². The first-order valence-electron chi connectivity index (χ1n) is 12.7. The number of aryl methyl sites for hydroxylation is 2. The summed E-state index contributed by atoms with van der Waals surface area (Å²) in [6.07, 6.45) is 11.6. The van der Waals surface area contributed by atoms with Crippen molar-refractivity contribution in [1.29, 1.82) is 0 Å². The van der Waals surface area contributed by atoms with E-state index in [1.54, 1.807) is 0 Å². The normalized spacial score (nSPS) is 21.4. The summed E-state index contributed by atoms with van der Waals surface area (Å²) in [5.41, 5.74) is 6.68. The quantitative estimate of drug-likeness (QED) is 0.605. The van der Waals surface area contributed by atoms with Crippen LogP contribution in [0.25, 0.3) is 6.08 Å². The predicted octanol–water partition coefficient (Wildman–Crippen LogP) is 4.58. The van der Waals surface area contributed by atoms with E-state index in [-0.39, 0.29) is 18.3 Å². The van der Waals surface area contributed by atoms with Gasteiger partial charge in [-0.2, -0.15) is 0 Å². The number of allylic oxidation sites excluding steroid dienone is 3. The highest BCUT2D eigenvalue weighted by atomic mass is 31.1. The molecule has 1 saturated heterocycles. The van der Waals surface area contributed by atoms with Crippen molar-refractivity contribution in [3.05, 3.63) is 69.6 Å². The summed E-state index contributed by atoms with van der Waals surface area (Å²) >= 11 is 0. The minimum atomic E-state index is 0.0519. The Bertz CT molecular complexity index is 1040. The number of piperazine rings is 1. The van der Waals surface area contributed by atoms with Gasteiger partial charge in [-0.25, -0.2) is 0 Å². The van der Waals surface area contributed by atoms with Crippen LogP contribution in [0, 0.1) is 20.8 Å². The van der Waals surface area contributed by atoms with Crippen molar-refractivity contribution >= 4 is 20.6 Å². The lowest BCUT2D eigenvalue weighted by molar-refractivity contribution is -0.124. The van der Waals surface area contributed by atoms with Crippen LogP contribution in [0.5, 0.6) is 0 Å². The zero-order valence-corrected chi connectivity index (χ0v) is 23.1. The second kappa shape index (κ2) is 12.6. The molecule has 6 nitrogen and oxygen atoms in total. The van der Waals surface area contributed by atoms with Crippen LogP contribution in [0.1, 0.15) is 49.7 Å². The van der Waals surface area contributed by atoms with Crippen LogP contribution in [-0.2, 0) is 4.79 Å². The van der Waals surface area contributed by atoms with Gasteiger partial charge in [-0.15, -0.1) is 0 Å². The average Bonchev–Trinajstić information content (AvgIpc) is 2.83. The molecule has 3 aliphatic heterocycles. The number of aliphatic hydroxyl groups excluding tert-OH is 1. The molecular weight excluding hydrogens is 455 g/mol. The number of β-amino-alcohol motifs (C(OH)–C–C–N with tert-alkyl or cyclic N) is 1. The molecule has 1 amide bonds. The van der Waals surface area contributed by atoms with Crippen LogP contribution >= 0.6 is 8.58 Å². The number of carbonyl (C=O) groups is 1. The van der Waals surface area contributed by atoms with E-state index in [1.165, 1.54) is 17.5 Å². The van der Waals surface area contributed by atoms with E-state index >= 15 is 0 Å². The molecule has 3 aliphatic rings. The van der Waals surface area contributed by atoms with Gasteiger partial charge in [0, 0.05) is 56.4 Å². The molecule has 35 heavy (non-hydrogen) atoms. The van der Waals surface area contributed by atoms with Gasteiger partial charge in [-0.3, -0.25) is 14.7 Å². The van der Waals surface area contributed by atoms with E-state index < -0.39 is 0 Å². The Balaban J connectivity index is 0.00000108. The maximum Gasteiger partial charge on any atom is 0.252 e. The van der Waals surface area contributed by atoms with Gasteiger partial charge in [-0.1, -0.05) is 41.0 Å². The van der Waals surface area contributed by atoms with Crippen LogP contribution in [0.4, 0.5) is 0 Å². The van der Waals surface area contributed by atoms with Crippen molar-refractivity contribution in [2.75, 3.05) is 39.3 Å². The van der Waals surface area contributed by atoms with Crippen LogP contribution in [0.2, 0.25) is 0 Å². The Kier molecular flexibility index (Phi) is 9.85. The van der Waals surface area contributed by atoms with Crippen molar-refractivity contribution in [1.82, 2.24) is 19.7 Å². The lowest BCUT2D eigenvalue weighted by atomic mass is 10.0. The Morgan fingerprint density at radius 3 is 2.54 bits per heavy atom. The molecule has 190 valence electrons. The highest BCUT2D eigenvalue weighted by molar-refractivity contribution is 7.44. The van der Waals surface area contributed by atoms with Gasteiger partial charge in [0.2, 0.25) is 0 Å². The van der Waals surface area contributed by atoms with E-state index in [0.29, 0.717) is 8.58 Å². The smallest absolute Gasteiger partial charge is 0.252 e. The van der Waals surface area contributed by atoms with E-state index in [9.17, 15) is 4.79 Å². The molecular formula is C28H41N4O2P. The molecule has 1 aromatic rings. The summed E-state index contributed by atoms with van der Waals surface area (Å²) < 4.78 is 0. The predicted molar refractivity (Wildman–Crippen MR) is 147 cm³/mol. The fourth-order valence-electron chi connectivity index (χ4n) is 4.44. The van der Waals surface area contributed by atoms with Crippen molar-refractivity contribution < 1.29 is 9.90 Å². The van der Waals surface area contributed by atoms with Gasteiger partial charge in [0.1, 0.15) is 0 Å². The third-order valence-corrected chi connectivity index (χ3v) is 8.10. The van der Waals surface area contributed by atoms with Gasteiger partial charge in [-0.05, 0) is 61.9 Å². The Hall–Kier alpha value is -2.27. The van der Waals surface area contributed by atoms with Crippen LogP contribution in [-0.4, -0.2) is 75.8 Å². The first-order chi connectivity index (χ1) is 16.8. The van der Waals surface area contributed by atoms with Crippen molar-refractivity contribution in [2.45, 2.75) is 53.7 Å². The van der Waals surface area contributed by atoms with Gasteiger partial charge in [0.25, 0.3) is 5.91 Å². The zero-order chi connectivity index (χ0) is 25.5. The highest BCUT2D eigenvalue weighted by Gasteiger charge is 2.30. The number of pyridine rings is 1. The van der Waals surface area contributed by atoms with Crippen molar-refractivity contribution in [3.63, 3.8) is 0 Å². The molecule has 0 spiro atoms. The number of hydrogen-bond donors (Lipinski definition) is 1. The fraction of sp³-hybridized carbons (Fsp3) is 0.500. The van der Waals surface area contributed by atoms with E-state index in [1.807, 2.05) is 31.0 Å². The molecule has 2 atom stereocenters. The van der Waals surface area contributed by atoms with Gasteiger partial charge in [0.15, 0.2) is 0 Å². The second-order valence-corrected chi connectivity index (χ2v) is 10.9. The minimum absolute atomic E-state index is 0.0519. The Morgan fingerprint density at radius 2 is 1.89 bits per heavy atom. The molecule has 0 bridgehead atoms. The number of nitrogens with zero attached hydrogens (tertiary/aromatic N) is 4. The lowest BCUT2D eigenvalue weighted by Gasteiger charge is -2.40. The van der Waals surface area contributed by atoms with Crippen LogP contribution < -0.4 is 0 Å². The Morgan fingerprint density at radius 1 is 1.20 bits per heavy atom. The molecule has 1 fully saturated rings. The van der Waals surface area contributed by atoms with Crippen molar-refractivity contribution in [2.24, 2.45) is 0 Å². The molecule has 7 heteroatoms. The summed E-state index contributed by atoms with van der Waals surface area (Å²) in [5, 5.41) is 10.3. The number of fused-ring (bicyclic) bond motifs is 1. The molecule has 2 unspecified atom stereocenters. The molecule has 0 saturated carbocycles. The van der Waals surface area contributed by atoms with Gasteiger partial charge in [0.05, 0.1) is 18.1 Å². The Labute approximate surface area is 212 Å². The average molecular weight is 497 g/mol. The summed E-state index contributed by atoms with van der Waals surface area (Å²) in [6.45, 7) is 17.2. The molecule has 0 aliphatic carbocycles. The number of aromatic nitrogens is 1. The SMILES string of the molecule is C/C(=C\c1cc(C)nc(C)c1C)C1=CC(=O)N2C=C(N3CCN(CCO)CC3)C=CC2P1.CCC. The molecule has 0 aromatic carbocycles. The van der Waals surface area contributed by atoms with E-state index in [0.717, 1.165) is 60.7 Å². The summed E-state index contributed by atoms with van der Waals surface area (Å²) in [7, 11) is 0.523. The van der Waals surface area contributed by atoms with Crippen molar-refractivity contribution in [3.8, 4) is 0 Å². The molecule has 1 N–H and O–H groups in total. The summed E-state index contributed by atoms with van der Waals surface area (Å²) in [5.74, 6) is 0.142. The largest absolute Gasteiger partial charge is 0.395 e. The maximum absolute atomic E-state index is 13.0. The molecule has 4 rings (SSSR count). The highest BCUT2D eigenvalue weighted by Crippen LogP contribution is 2.43. The zero-order valence-electron chi connectivity index (χ0n) is 22.1. The molecule has 1 aromatic heterocycles. The fourth-order valence-corrected chi connectivity index (χ4v) is 5.79. The van der Waals surface area contributed by atoms with E-state index in [2.05, 4.69) is 66.8 Å². The maximum atomic E-state index is 13.0. The first-order valence-corrected chi connectivity index (χ1v) is 13.8. The number of hydrogen-bond acceptors (Lipinski definition) is 5. The number of carbonyl (C=O) groups excluding carboxylic acids is 1. The third kappa shape index (κ3) is 6.91. The third-order valence-electron chi connectivity index (χ3n) is 6.48. The molecule has 0 radical (unpaired) electrons. The second-order valence-electron chi connectivity index (χ2n) is 9.46. The number of aliphatic hydroxyl groups is 1. The lowest BCUT2D eigenvalue weighted by Crippen LogP contribution is -2.47. The topological polar surface area (TPSA) is 59.9 Å². The van der Waals surface area contributed by atoms with Crippen LogP contribution in [0.3, 0.4) is 0 Å². The number of amides is 1. The monoisotopic (exact) mass is 496 g/mol. The van der Waals surface area contributed by atoms with Gasteiger partial charge >= 0.3 is 0 Å². The van der Waals surface area contributed by atoms with Crippen LogP contribution in [0.15, 0.2) is 47.1 Å².